The molecule has 4 aromatic rings. The molecule has 4 rings (SSSR count). The molecule has 118 valence electrons. The average Bonchev–Trinajstić information content (AvgIpc) is 3.33. The molecule has 0 atom stereocenters. The van der Waals surface area contributed by atoms with Crippen LogP contribution in [0, 0.1) is 0 Å². The molecule has 0 fully saturated rings. The van der Waals surface area contributed by atoms with Gasteiger partial charge in [0.1, 0.15) is 10.7 Å². The highest BCUT2D eigenvalue weighted by atomic mass is 32.1. The first-order valence-corrected chi connectivity index (χ1v) is 8.33. The van der Waals surface area contributed by atoms with Crippen LogP contribution in [0.3, 0.4) is 0 Å². The first kappa shape index (κ1) is 14.5. The van der Waals surface area contributed by atoms with Crippen LogP contribution in [0.4, 0.5) is 5.95 Å². The van der Waals surface area contributed by atoms with Crippen LogP contribution in [0.5, 0.6) is 0 Å². The highest BCUT2D eigenvalue weighted by Crippen LogP contribution is 2.27. The fraction of sp³-hybridized carbons (Fsp3) is 0.0588. The number of aromatic nitrogens is 5. The summed E-state index contributed by atoms with van der Waals surface area (Å²) < 4.78 is 0. The van der Waals surface area contributed by atoms with Gasteiger partial charge >= 0.3 is 0 Å². The number of aromatic amines is 1. The van der Waals surface area contributed by atoms with Crippen molar-refractivity contribution in [1.82, 2.24) is 25.1 Å². The molecule has 0 bridgehead atoms. The van der Waals surface area contributed by atoms with E-state index in [0.29, 0.717) is 12.5 Å². The Morgan fingerprint density at radius 1 is 0.958 bits per heavy atom. The highest BCUT2D eigenvalue weighted by Gasteiger charge is 2.09. The molecule has 0 aliphatic rings. The van der Waals surface area contributed by atoms with E-state index in [1.807, 2.05) is 35.7 Å². The molecule has 3 aromatic heterocycles. The zero-order valence-corrected chi connectivity index (χ0v) is 13.5. The van der Waals surface area contributed by atoms with Gasteiger partial charge in [-0.25, -0.2) is 15.0 Å². The Labute approximate surface area is 142 Å². The van der Waals surface area contributed by atoms with Crippen molar-refractivity contribution >= 4 is 17.3 Å². The molecular formula is C17H14N6S. The molecule has 3 heterocycles. The molecule has 2 N–H and O–H groups in total. The molecule has 0 radical (unpaired) electrons. The number of hydrogen-bond donors (Lipinski definition) is 2. The van der Waals surface area contributed by atoms with Gasteiger partial charge in [-0.3, -0.25) is 5.10 Å². The lowest BCUT2D eigenvalue weighted by Gasteiger charge is -2.03. The summed E-state index contributed by atoms with van der Waals surface area (Å²) in [6.45, 7) is 0.594. The first-order chi connectivity index (χ1) is 11.9. The van der Waals surface area contributed by atoms with Crippen molar-refractivity contribution in [1.29, 1.82) is 0 Å². The summed E-state index contributed by atoms with van der Waals surface area (Å²) in [6.07, 6.45) is 3.45. The number of thiazole rings is 1. The Bertz CT molecular complexity index is 917. The van der Waals surface area contributed by atoms with E-state index in [4.69, 9.17) is 0 Å². The van der Waals surface area contributed by atoms with Crippen molar-refractivity contribution in [2.24, 2.45) is 0 Å². The van der Waals surface area contributed by atoms with Gasteiger partial charge in [0.25, 0.3) is 0 Å². The van der Waals surface area contributed by atoms with E-state index in [1.54, 1.807) is 23.7 Å². The SMILES string of the molecule is c1ccc(-c2csc(-c3ccnc(NCc4ccn[nH]4)n3)n2)cc1. The van der Waals surface area contributed by atoms with Gasteiger partial charge in [-0.2, -0.15) is 5.10 Å². The normalized spacial score (nSPS) is 10.7. The Morgan fingerprint density at radius 2 is 1.88 bits per heavy atom. The molecule has 0 aliphatic heterocycles. The Kier molecular flexibility index (Phi) is 3.99. The predicted octanol–water partition coefficient (Wildman–Crippen LogP) is 3.60. The molecule has 0 amide bonds. The molecule has 0 aliphatic carbocycles. The van der Waals surface area contributed by atoms with Gasteiger partial charge in [-0.05, 0) is 12.1 Å². The molecular weight excluding hydrogens is 320 g/mol. The second-order valence-corrected chi connectivity index (χ2v) is 5.96. The maximum Gasteiger partial charge on any atom is 0.223 e. The second kappa shape index (κ2) is 6.59. The van der Waals surface area contributed by atoms with Crippen LogP contribution >= 0.6 is 11.3 Å². The fourth-order valence-corrected chi connectivity index (χ4v) is 3.05. The maximum atomic E-state index is 4.69. The molecule has 1 aromatic carbocycles. The lowest BCUT2D eigenvalue weighted by atomic mass is 10.2. The van der Waals surface area contributed by atoms with Crippen molar-refractivity contribution in [2.45, 2.75) is 6.54 Å². The summed E-state index contributed by atoms with van der Waals surface area (Å²) >= 11 is 1.58. The molecule has 6 nitrogen and oxygen atoms in total. The Hall–Kier alpha value is -3.06. The smallest absolute Gasteiger partial charge is 0.223 e. The molecule has 7 heteroatoms. The van der Waals surface area contributed by atoms with Gasteiger partial charge in [0.2, 0.25) is 5.95 Å². The number of nitrogens with zero attached hydrogens (tertiary/aromatic N) is 4. The largest absolute Gasteiger partial charge is 0.349 e. The fourth-order valence-electron chi connectivity index (χ4n) is 2.25. The number of hydrogen-bond acceptors (Lipinski definition) is 6. The van der Waals surface area contributed by atoms with Crippen LogP contribution in [0.15, 0.2) is 60.2 Å². The van der Waals surface area contributed by atoms with Crippen LogP contribution < -0.4 is 5.32 Å². The maximum absolute atomic E-state index is 4.69. The molecule has 0 unspecified atom stereocenters. The lowest BCUT2D eigenvalue weighted by Crippen LogP contribution is -2.04. The quantitative estimate of drug-likeness (QED) is 0.583. The van der Waals surface area contributed by atoms with E-state index in [0.717, 1.165) is 27.7 Å². The number of nitrogens with one attached hydrogen (secondary N) is 2. The monoisotopic (exact) mass is 334 g/mol. The Balaban J connectivity index is 1.54. The third-order valence-electron chi connectivity index (χ3n) is 3.44. The number of rotatable bonds is 5. The second-order valence-electron chi connectivity index (χ2n) is 5.10. The summed E-state index contributed by atoms with van der Waals surface area (Å²) in [5.41, 5.74) is 3.85. The zero-order valence-electron chi connectivity index (χ0n) is 12.7. The zero-order chi connectivity index (χ0) is 16.2. The standard InChI is InChI=1S/C17H14N6S/c1-2-4-12(5-3-1)15-11-24-16(21-15)14-7-8-18-17(22-14)19-10-13-6-9-20-23-13/h1-9,11H,10H2,(H,20,23)(H,18,19,22). The van der Waals surface area contributed by atoms with Crippen LogP contribution in [0.25, 0.3) is 22.0 Å². The van der Waals surface area contributed by atoms with Crippen LogP contribution in [-0.2, 0) is 6.54 Å². The van der Waals surface area contributed by atoms with Crippen molar-refractivity contribution in [2.75, 3.05) is 5.32 Å². The van der Waals surface area contributed by atoms with Crippen LogP contribution in [0.1, 0.15) is 5.69 Å². The minimum atomic E-state index is 0.568. The lowest BCUT2D eigenvalue weighted by molar-refractivity contribution is 0.962. The minimum absolute atomic E-state index is 0.568. The van der Waals surface area contributed by atoms with E-state index in [2.05, 4.69) is 42.6 Å². The summed E-state index contributed by atoms with van der Waals surface area (Å²) in [7, 11) is 0. The third kappa shape index (κ3) is 3.16. The van der Waals surface area contributed by atoms with Gasteiger partial charge in [-0.15, -0.1) is 11.3 Å². The summed E-state index contributed by atoms with van der Waals surface area (Å²) in [5, 5.41) is 12.9. The number of benzene rings is 1. The third-order valence-corrected chi connectivity index (χ3v) is 4.31. The van der Waals surface area contributed by atoms with E-state index in [1.165, 1.54) is 0 Å². The number of H-pyrrole nitrogens is 1. The predicted molar refractivity (Wildman–Crippen MR) is 94.5 cm³/mol. The minimum Gasteiger partial charge on any atom is -0.349 e. The van der Waals surface area contributed by atoms with Gasteiger partial charge in [0.05, 0.1) is 17.9 Å². The van der Waals surface area contributed by atoms with Gasteiger partial charge < -0.3 is 5.32 Å². The van der Waals surface area contributed by atoms with Crippen LogP contribution in [0.2, 0.25) is 0 Å². The van der Waals surface area contributed by atoms with Crippen molar-refractivity contribution in [3.05, 3.63) is 65.9 Å². The summed E-state index contributed by atoms with van der Waals surface area (Å²) in [5.74, 6) is 0.568. The van der Waals surface area contributed by atoms with Gasteiger partial charge in [0, 0.05) is 23.3 Å². The highest BCUT2D eigenvalue weighted by molar-refractivity contribution is 7.13. The molecule has 0 spiro atoms. The van der Waals surface area contributed by atoms with Crippen molar-refractivity contribution in [3.8, 4) is 22.0 Å². The van der Waals surface area contributed by atoms with E-state index >= 15 is 0 Å². The van der Waals surface area contributed by atoms with E-state index in [-0.39, 0.29) is 0 Å². The molecule has 24 heavy (non-hydrogen) atoms. The van der Waals surface area contributed by atoms with Crippen molar-refractivity contribution in [3.63, 3.8) is 0 Å². The average molecular weight is 334 g/mol. The van der Waals surface area contributed by atoms with Gasteiger partial charge in [0.15, 0.2) is 0 Å². The summed E-state index contributed by atoms with van der Waals surface area (Å²) in [4.78, 5) is 13.5. The van der Waals surface area contributed by atoms with Gasteiger partial charge in [-0.1, -0.05) is 30.3 Å². The first-order valence-electron chi connectivity index (χ1n) is 7.45. The summed E-state index contributed by atoms with van der Waals surface area (Å²) in [6, 6.07) is 13.9. The molecule has 0 saturated heterocycles. The van der Waals surface area contributed by atoms with E-state index in [9.17, 15) is 0 Å². The van der Waals surface area contributed by atoms with Crippen LogP contribution in [-0.4, -0.2) is 25.1 Å². The topological polar surface area (TPSA) is 79.4 Å². The Morgan fingerprint density at radius 3 is 2.71 bits per heavy atom. The number of anilines is 1. The van der Waals surface area contributed by atoms with E-state index < -0.39 is 0 Å². The van der Waals surface area contributed by atoms with Crippen molar-refractivity contribution < 1.29 is 0 Å². The molecule has 0 saturated carbocycles.